The van der Waals surface area contributed by atoms with E-state index in [1.54, 1.807) is 0 Å². The fourth-order valence-electron chi connectivity index (χ4n) is 1.58. The molecule has 2 unspecified atom stereocenters. The molecule has 2 aliphatic carbocycles. The predicted octanol–water partition coefficient (Wildman–Crippen LogP) is 1.48. The van der Waals surface area contributed by atoms with Gasteiger partial charge in [0.25, 0.3) is 0 Å². The molecule has 0 amide bonds. The van der Waals surface area contributed by atoms with Crippen LogP contribution < -0.4 is 0 Å². The van der Waals surface area contributed by atoms with Gasteiger partial charge in [0.1, 0.15) is 0 Å². The summed E-state index contributed by atoms with van der Waals surface area (Å²) < 4.78 is 0. The summed E-state index contributed by atoms with van der Waals surface area (Å²) in [7, 11) is 0. The second kappa shape index (κ2) is 1.48. The Bertz CT molecular complexity index is 244. The van der Waals surface area contributed by atoms with Crippen LogP contribution in [0, 0.1) is 11.8 Å². The molecule has 50 valence electrons. The average molecular weight is 132 g/mol. The Labute approximate surface area is 59.7 Å². The third-order valence-corrected chi connectivity index (χ3v) is 2.27. The molecule has 1 heteroatoms. The third-order valence-electron chi connectivity index (χ3n) is 2.27. The number of carbonyl (C=O) groups excluding carboxylic acids is 1. The summed E-state index contributed by atoms with van der Waals surface area (Å²) in [5, 5.41) is 0. The molecule has 0 aromatic heterocycles. The topological polar surface area (TPSA) is 17.1 Å². The zero-order valence-corrected chi connectivity index (χ0v) is 5.63. The molecule has 0 heterocycles. The molecule has 2 rings (SSSR count). The van der Waals surface area contributed by atoms with E-state index in [1.807, 2.05) is 12.2 Å². The van der Waals surface area contributed by atoms with Gasteiger partial charge in [-0.05, 0) is 11.1 Å². The molecule has 1 saturated carbocycles. The van der Waals surface area contributed by atoms with Crippen molar-refractivity contribution in [3.8, 4) is 0 Å². The van der Waals surface area contributed by atoms with Crippen molar-refractivity contribution in [3.63, 3.8) is 0 Å². The van der Waals surface area contributed by atoms with Crippen LogP contribution in [0.15, 0.2) is 36.5 Å². The largest absolute Gasteiger partial charge is 0.298 e. The van der Waals surface area contributed by atoms with Gasteiger partial charge in [0.15, 0.2) is 5.78 Å². The molecule has 0 saturated heterocycles. The molecule has 1 nitrogen and oxygen atoms in total. The van der Waals surface area contributed by atoms with Gasteiger partial charge in [-0.2, -0.15) is 0 Å². The van der Waals surface area contributed by atoms with Gasteiger partial charge in [0.05, 0.1) is 11.8 Å². The minimum absolute atomic E-state index is 0.0301. The van der Waals surface area contributed by atoms with Crippen molar-refractivity contribution < 1.29 is 4.79 Å². The maximum absolute atomic E-state index is 11.2. The van der Waals surface area contributed by atoms with Crippen LogP contribution in [0.4, 0.5) is 0 Å². The first-order valence-electron chi connectivity index (χ1n) is 3.32. The van der Waals surface area contributed by atoms with Crippen molar-refractivity contribution in [2.45, 2.75) is 0 Å². The number of hydrogen-bond donors (Lipinski definition) is 0. The SMILES string of the molecule is C=C1C(=C)C2C=CC1C2=O. The monoisotopic (exact) mass is 132 g/mol. The molecule has 2 bridgehead atoms. The van der Waals surface area contributed by atoms with Crippen molar-refractivity contribution in [1.82, 2.24) is 0 Å². The first kappa shape index (κ1) is 5.66. The second-order valence-electron chi connectivity index (χ2n) is 2.79. The van der Waals surface area contributed by atoms with Gasteiger partial charge in [-0.15, -0.1) is 0 Å². The maximum atomic E-state index is 11.2. The molecule has 0 spiro atoms. The van der Waals surface area contributed by atoms with Crippen molar-refractivity contribution in [3.05, 3.63) is 36.5 Å². The molecule has 10 heavy (non-hydrogen) atoms. The summed E-state index contributed by atoms with van der Waals surface area (Å²) in [4.78, 5) is 11.2. The van der Waals surface area contributed by atoms with Crippen LogP contribution in [-0.4, -0.2) is 5.78 Å². The molecule has 2 aliphatic rings. The first-order chi connectivity index (χ1) is 4.72. The first-order valence-corrected chi connectivity index (χ1v) is 3.32. The molecular formula is C9H8O. The summed E-state index contributed by atoms with van der Waals surface area (Å²) >= 11 is 0. The van der Waals surface area contributed by atoms with Gasteiger partial charge in [0, 0.05) is 0 Å². The van der Waals surface area contributed by atoms with E-state index in [0.29, 0.717) is 0 Å². The summed E-state index contributed by atoms with van der Waals surface area (Å²) in [6, 6.07) is 0. The lowest BCUT2D eigenvalue weighted by atomic mass is 9.98. The van der Waals surface area contributed by atoms with Crippen LogP contribution >= 0.6 is 0 Å². The highest BCUT2D eigenvalue weighted by Crippen LogP contribution is 2.42. The third kappa shape index (κ3) is 0.419. The zero-order chi connectivity index (χ0) is 7.30. The summed E-state index contributed by atoms with van der Waals surface area (Å²) in [6.07, 6.45) is 3.84. The lowest BCUT2D eigenvalue weighted by Gasteiger charge is -2.05. The van der Waals surface area contributed by atoms with Crippen LogP contribution in [0.2, 0.25) is 0 Å². The molecule has 0 aliphatic heterocycles. The number of Topliss-reactive ketones (excluding diaryl/α,β-unsaturated/α-hetero) is 1. The van der Waals surface area contributed by atoms with E-state index in [9.17, 15) is 4.79 Å². The van der Waals surface area contributed by atoms with Crippen molar-refractivity contribution >= 4 is 5.78 Å². The van der Waals surface area contributed by atoms with E-state index in [4.69, 9.17) is 0 Å². The molecule has 0 aromatic carbocycles. The Balaban J connectivity index is 2.57. The number of fused-ring (bicyclic) bond motifs is 2. The van der Waals surface area contributed by atoms with E-state index in [1.165, 1.54) is 0 Å². The highest BCUT2D eigenvalue weighted by Gasteiger charge is 2.41. The van der Waals surface area contributed by atoms with Crippen LogP contribution in [0.3, 0.4) is 0 Å². The lowest BCUT2D eigenvalue weighted by molar-refractivity contribution is -0.120. The Morgan fingerprint density at radius 3 is 1.70 bits per heavy atom. The van der Waals surface area contributed by atoms with Gasteiger partial charge >= 0.3 is 0 Å². The van der Waals surface area contributed by atoms with Gasteiger partial charge in [-0.25, -0.2) is 0 Å². The molecule has 0 aromatic rings. The number of ketones is 1. The Morgan fingerprint density at radius 2 is 1.50 bits per heavy atom. The number of allylic oxidation sites excluding steroid dienone is 4. The van der Waals surface area contributed by atoms with E-state index < -0.39 is 0 Å². The Morgan fingerprint density at radius 1 is 1.10 bits per heavy atom. The predicted molar refractivity (Wildman–Crippen MR) is 39.4 cm³/mol. The zero-order valence-electron chi connectivity index (χ0n) is 5.63. The van der Waals surface area contributed by atoms with Crippen LogP contribution in [-0.2, 0) is 4.79 Å². The molecule has 2 atom stereocenters. The molecule has 1 fully saturated rings. The summed E-state index contributed by atoms with van der Waals surface area (Å²) in [5.74, 6) is 0.199. The number of hydrogen-bond acceptors (Lipinski definition) is 1. The van der Waals surface area contributed by atoms with Gasteiger partial charge in [-0.3, -0.25) is 4.79 Å². The molecular weight excluding hydrogens is 124 g/mol. The quantitative estimate of drug-likeness (QED) is 0.456. The second-order valence-corrected chi connectivity index (χ2v) is 2.79. The maximum Gasteiger partial charge on any atom is 0.155 e. The Hall–Kier alpha value is -1.11. The van der Waals surface area contributed by atoms with Gasteiger partial charge < -0.3 is 0 Å². The number of rotatable bonds is 0. The standard InChI is InChI=1S/C9H8O/c1-5-6(2)8-4-3-7(5)9(8)10/h3-4,7-8H,1-2H2. The van der Waals surface area contributed by atoms with Gasteiger partial charge in [-0.1, -0.05) is 25.3 Å². The lowest BCUT2D eigenvalue weighted by Crippen LogP contribution is -2.03. The smallest absolute Gasteiger partial charge is 0.155 e. The van der Waals surface area contributed by atoms with E-state index >= 15 is 0 Å². The minimum Gasteiger partial charge on any atom is -0.298 e. The summed E-state index contributed by atoms with van der Waals surface area (Å²) in [5.41, 5.74) is 1.83. The normalized spacial score (nSPS) is 36.2. The van der Waals surface area contributed by atoms with E-state index in [0.717, 1.165) is 11.1 Å². The van der Waals surface area contributed by atoms with Gasteiger partial charge in [0.2, 0.25) is 0 Å². The minimum atomic E-state index is -0.0301. The fraction of sp³-hybridized carbons (Fsp3) is 0.222. The van der Waals surface area contributed by atoms with Crippen molar-refractivity contribution in [2.24, 2.45) is 11.8 Å². The van der Waals surface area contributed by atoms with Crippen LogP contribution in [0.25, 0.3) is 0 Å². The van der Waals surface area contributed by atoms with Crippen LogP contribution in [0.1, 0.15) is 0 Å². The fourth-order valence-corrected chi connectivity index (χ4v) is 1.58. The molecule has 0 N–H and O–H groups in total. The van der Waals surface area contributed by atoms with Crippen LogP contribution in [0.5, 0.6) is 0 Å². The average Bonchev–Trinajstić information content (AvgIpc) is 2.34. The highest BCUT2D eigenvalue weighted by atomic mass is 16.1. The Kier molecular flexibility index (Phi) is 0.839. The van der Waals surface area contributed by atoms with Crippen molar-refractivity contribution in [2.75, 3.05) is 0 Å². The number of carbonyl (C=O) groups is 1. The van der Waals surface area contributed by atoms with E-state index in [-0.39, 0.29) is 17.6 Å². The molecule has 0 radical (unpaired) electrons. The van der Waals surface area contributed by atoms with Crippen molar-refractivity contribution in [1.29, 1.82) is 0 Å². The summed E-state index contributed by atoms with van der Waals surface area (Å²) in [6.45, 7) is 7.59. The highest BCUT2D eigenvalue weighted by molar-refractivity contribution is 6.00. The van der Waals surface area contributed by atoms with E-state index in [2.05, 4.69) is 13.2 Å².